The first-order valence-electron chi connectivity index (χ1n) is 3.07. The molecule has 0 saturated heterocycles. The molecule has 2 rings (SSSR count). The largest absolute Gasteiger partial charge is 0.244 e. The molecule has 0 N–H and O–H groups in total. The monoisotopic (exact) mass is 183 g/mol. The van der Waals surface area contributed by atoms with Gasteiger partial charge in [-0.15, -0.1) is 16.4 Å². The van der Waals surface area contributed by atoms with Gasteiger partial charge in [0.15, 0.2) is 0 Å². The Labute approximate surface area is 71.9 Å². The van der Waals surface area contributed by atoms with Crippen LogP contribution in [0, 0.1) is 6.92 Å². The van der Waals surface area contributed by atoms with Crippen LogP contribution >= 0.6 is 22.9 Å². The maximum absolute atomic E-state index is 4.17. The normalized spacial score (nSPS) is 10.3. The van der Waals surface area contributed by atoms with Crippen molar-refractivity contribution in [2.45, 2.75) is 6.92 Å². The van der Waals surface area contributed by atoms with Crippen LogP contribution in [0.3, 0.4) is 0 Å². The average molecular weight is 183 g/mol. The molecule has 11 heavy (non-hydrogen) atoms. The molecule has 0 saturated carbocycles. The lowest BCUT2D eigenvalue weighted by Gasteiger charge is -1.86. The predicted molar refractivity (Wildman–Crippen MR) is 45.8 cm³/mol. The van der Waals surface area contributed by atoms with Crippen LogP contribution in [0.1, 0.15) is 5.69 Å². The summed E-state index contributed by atoms with van der Waals surface area (Å²) in [7, 11) is 0. The summed E-state index contributed by atoms with van der Waals surface area (Å²) in [4.78, 5) is 5.25. The van der Waals surface area contributed by atoms with E-state index in [1.807, 2.05) is 12.3 Å². The fourth-order valence-corrected chi connectivity index (χ4v) is 2.20. The number of hydrogen-bond acceptors (Lipinski definition) is 5. The fraction of sp³-hybridized carbons (Fsp3) is 0.167. The quantitative estimate of drug-likeness (QED) is 0.678. The Bertz CT molecular complexity index is 338. The number of aryl methyl sites for hydroxylation is 1. The Hall–Kier alpha value is -0.810. The van der Waals surface area contributed by atoms with Gasteiger partial charge in [-0.2, -0.15) is 0 Å². The first-order valence-corrected chi connectivity index (χ1v) is 4.72. The minimum Gasteiger partial charge on any atom is -0.244 e. The fourth-order valence-electron chi connectivity index (χ4n) is 0.763. The van der Waals surface area contributed by atoms with Gasteiger partial charge in [0, 0.05) is 11.6 Å². The lowest BCUT2D eigenvalue weighted by molar-refractivity contribution is 1.09. The van der Waals surface area contributed by atoms with Gasteiger partial charge in [0.05, 0.1) is 5.69 Å². The average Bonchev–Trinajstić information content (AvgIpc) is 2.55. The lowest BCUT2D eigenvalue weighted by Crippen LogP contribution is -1.74. The van der Waals surface area contributed by atoms with E-state index < -0.39 is 0 Å². The smallest absolute Gasteiger partial charge is 0.136 e. The molecule has 0 unspecified atom stereocenters. The summed E-state index contributed by atoms with van der Waals surface area (Å²) in [6.45, 7) is 1.94. The van der Waals surface area contributed by atoms with E-state index in [0.29, 0.717) is 0 Å². The summed E-state index contributed by atoms with van der Waals surface area (Å²) in [6.07, 6.45) is 1.79. The first kappa shape index (κ1) is 6.87. The molecule has 3 nitrogen and oxygen atoms in total. The van der Waals surface area contributed by atoms with Crippen molar-refractivity contribution in [3.05, 3.63) is 17.3 Å². The van der Waals surface area contributed by atoms with E-state index in [-0.39, 0.29) is 0 Å². The number of thiazole rings is 1. The van der Waals surface area contributed by atoms with Crippen LogP contribution in [0.2, 0.25) is 0 Å². The third-order valence-corrected chi connectivity index (χ3v) is 3.03. The molecule has 0 aliphatic carbocycles. The van der Waals surface area contributed by atoms with Crippen LogP contribution < -0.4 is 0 Å². The highest BCUT2D eigenvalue weighted by Crippen LogP contribution is 2.26. The zero-order valence-corrected chi connectivity index (χ0v) is 7.45. The van der Waals surface area contributed by atoms with Crippen molar-refractivity contribution in [1.29, 1.82) is 0 Å². The minimum atomic E-state index is 0.963. The van der Waals surface area contributed by atoms with Crippen molar-refractivity contribution in [2.24, 2.45) is 0 Å². The number of hydrogen-bond donors (Lipinski definition) is 0. The third-order valence-electron chi connectivity index (χ3n) is 1.28. The van der Waals surface area contributed by atoms with Gasteiger partial charge in [-0.1, -0.05) is 4.49 Å². The van der Waals surface area contributed by atoms with Crippen molar-refractivity contribution < 1.29 is 0 Å². The second-order valence-corrected chi connectivity index (χ2v) is 3.67. The topological polar surface area (TPSA) is 38.7 Å². The maximum Gasteiger partial charge on any atom is 0.136 e. The Morgan fingerprint density at radius 1 is 1.45 bits per heavy atom. The molecule has 0 aliphatic rings. The van der Waals surface area contributed by atoms with Crippen molar-refractivity contribution in [3.63, 3.8) is 0 Å². The lowest BCUT2D eigenvalue weighted by atomic mass is 10.4. The van der Waals surface area contributed by atoms with Crippen molar-refractivity contribution in [3.8, 4) is 9.88 Å². The van der Waals surface area contributed by atoms with E-state index in [9.17, 15) is 0 Å². The molecule has 0 atom stereocenters. The molecule has 0 fully saturated rings. The second-order valence-electron chi connectivity index (χ2n) is 2.02. The van der Waals surface area contributed by atoms with E-state index in [0.717, 1.165) is 15.6 Å². The highest BCUT2D eigenvalue weighted by molar-refractivity contribution is 7.18. The summed E-state index contributed by atoms with van der Waals surface area (Å²) >= 11 is 3.01. The van der Waals surface area contributed by atoms with Crippen molar-refractivity contribution in [2.75, 3.05) is 0 Å². The molecule has 0 bridgehead atoms. The maximum atomic E-state index is 4.17. The van der Waals surface area contributed by atoms with Gasteiger partial charge in [0.25, 0.3) is 0 Å². The Balaban J connectivity index is 2.53. The highest BCUT2D eigenvalue weighted by Gasteiger charge is 2.07. The van der Waals surface area contributed by atoms with Gasteiger partial charge in [-0.3, -0.25) is 0 Å². The minimum absolute atomic E-state index is 0.963. The standard InChI is InChI=1S/C6H5N3S2/c1-4-5(11-9-8-4)6-7-2-3-10-6/h2-3H,1H3. The highest BCUT2D eigenvalue weighted by atomic mass is 32.1. The molecule has 56 valence electrons. The van der Waals surface area contributed by atoms with Crippen LogP contribution in [0.15, 0.2) is 11.6 Å². The van der Waals surface area contributed by atoms with E-state index in [2.05, 4.69) is 14.6 Å². The Morgan fingerprint density at radius 3 is 2.91 bits per heavy atom. The number of rotatable bonds is 1. The molecular formula is C6H5N3S2. The van der Waals surface area contributed by atoms with Gasteiger partial charge in [0.2, 0.25) is 0 Å². The SMILES string of the molecule is Cc1nnsc1-c1nccs1. The molecule has 0 aromatic carbocycles. The zero-order chi connectivity index (χ0) is 7.68. The molecule has 0 amide bonds. The third kappa shape index (κ3) is 1.17. The van der Waals surface area contributed by atoms with Crippen LogP contribution in [-0.2, 0) is 0 Å². The molecule has 0 radical (unpaired) electrons. The van der Waals surface area contributed by atoms with Crippen molar-refractivity contribution >= 4 is 22.9 Å². The van der Waals surface area contributed by atoms with E-state index in [1.54, 1.807) is 17.5 Å². The molecule has 5 heteroatoms. The molecule has 0 aliphatic heterocycles. The molecular weight excluding hydrogens is 178 g/mol. The summed E-state index contributed by atoms with van der Waals surface area (Å²) in [5.74, 6) is 0. The predicted octanol–water partition coefficient (Wildman–Crippen LogP) is 1.97. The van der Waals surface area contributed by atoms with E-state index >= 15 is 0 Å². The number of nitrogens with zero attached hydrogens (tertiary/aromatic N) is 3. The summed E-state index contributed by atoms with van der Waals surface area (Å²) in [6, 6.07) is 0. The first-order chi connectivity index (χ1) is 5.38. The molecule has 2 aromatic rings. The Kier molecular flexibility index (Phi) is 1.67. The van der Waals surface area contributed by atoms with E-state index in [4.69, 9.17) is 0 Å². The van der Waals surface area contributed by atoms with Gasteiger partial charge in [0.1, 0.15) is 9.88 Å². The summed E-state index contributed by atoms with van der Waals surface area (Å²) in [5.41, 5.74) is 0.963. The number of aromatic nitrogens is 3. The Morgan fingerprint density at radius 2 is 2.36 bits per heavy atom. The van der Waals surface area contributed by atoms with Crippen molar-refractivity contribution in [1.82, 2.24) is 14.6 Å². The van der Waals surface area contributed by atoms with Gasteiger partial charge >= 0.3 is 0 Å². The van der Waals surface area contributed by atoms with Gasteiger partial charge < -0.3 is 0 Å². The molecule has 2 aromatic heterocycles. The van der Waals surface area contributed by atoms with Crippen LogP contribution in [0.5, 0.6) is 0 Å². The molecule has 0 spiro atoms. The second kappa shape index (κ2) is 2.67. The van der Waals surface area contributed by atoms with Crippen LogP contribution in [-0.4, -0.2) is 14.6 Å². The van der Waals surface area contributed by atoms with E-state index in [1.165, 1.54) is 11.5 Å². The summed E-state index contributed by atoms with van der Waals surface area (Å²) in [5, 5.41) is 6.87. The van der Waals surface area contributed by atoms with Gasteiger partial charge in [-0.05, 0) is 18.5 Å². The van der Waals surface area contributed by atoms with Gasteiger partial charge in [-0.25, -0.2) is 4.98 Å². The zero-order valence-electron chi connectivity index (χ0n) is 5.81. The molecule has 2 heterocycles. The van der Waals surface area contributed by atoms with Crippen LogP contribution in [0.4, 0.5) is 0 Å². The van der Waals surface area contributed by atoms with Crippen LogP contribution in [0.25, 0.3) is 9.88 Å². The summed E-state index contributed by atoms with van der Waals surface area (Å²) < 4.78 is 3.84.